The van der Waals surface area contributed by atoms with Crippen LogP contribution in [0.1, 0.15) is 12.8 Å². The van der Waals surface area contributed by atoms with E-state index in [0.29, 0.717) is 49.7 Å². The van der Waals surface area contributed by atoms with Gasteiger partial charge in [0.15, 0.2) is 5.43 Å². The minimum atomic E-state index is -1.02. The lowest BCUT2D eigenvalue weighted by Crippen LogP contribution is -2.34. The highest BCUT2D eigenvalue weighted by molar-refractivity contribution is 7.99. The first-order valence-electron chi connectivity index (χ1n) is 9.61. The molecule has 4 rings (SSSR count). The fourth-order valence-corrected chi connectivity index (χ4v) is 5.00. The number of hydrogen-bond acceptors (Lipinski definition) is 6. The molecule has 0 spiro atoms. The number of aliphatic carboxylic acids is 1. The van der Waals surface area contributed by atoms with Crippen molar-refractivity contribution >= 4 is 57.1 Å². The molecular formula is C21H22ClN3O4S. The lowest BCUT2D eigenvalue weighted by Gasteiger charge is -2.34. The molecule has 1 fully saturated rings. The zero-order valence-electron chi connectivity index (χ0n) is 16.6. The third-order valence-corrected chi connectivity index (χ3v) is 6.82. The molecule has 7 nitrogen and oxygen atoms in total. The lowest BCUT2D eigenvalue weighted by molar-refractivity contribution is -0.137. The van der Waals surface area contributed by atoms with Crippen molar-refractivity contribution in [2.75, 3.05) is 25.2 Å². The van der Waals surface area contributed by atoms with E-state index in [2.05, 4.69) is 10.3 Å². The Morgan fingerprint density at radius 3 is 2.73 bits per heavy atom. The average Bonchev–Trinajstić information content (AvgIpc) is 2.69. The number of hydrogen-bond donors (Lipinski definition) is 2. The summed E-state index contributed by atoms with van der Waals surface area (Å²) in [5.41, 5.74) is 0.650. The number of ether oxygens (including phenoxy) is 1. The maximum absolute atomic E-state index is 13.1. The maximum atomic E-state index is 13.1. The van der Waals surface area contributed by atoms with Crippen LogP contribution < -0.4 is 10.7 Å². The van der Waals surface area contributed by atoms with Crippen LogP contribution in [0.4, 0.5) is 5.82 Å². The Morgan fingerprint density at radius 1 is 1.33 bits per heavy atom. The number of carboxylic acids is 1. The van der Waals surface area contributed by atoms with Crippen LogP contribution in [-0.2, 0) is 16.1 Å². The minimum Gasteiger partial charge on any atom is -0.480 e. The number of methoxy groups -OCH3 is 1. The Morgan fingerprint density at radius 2 is 2.07 bits per heavy atom. The summed E-state index contributed by atoms with van der Waals surface area (Å²) in [4.78, 5) is 30.0. The molecule has 1 aliphatic carbocycles. The molecule has 0 unspecified atom stereocenters. The highest BCUT2D eigenvalue weighted by Gasteiger charge is 2.28. The van der Waals surface area contributed by atoms with Crippen molar-refractivity contribution in [2.45, 2.75) is 30.4 Å². The Bertz CT molecular complexity index is 1190. The van der Waals surface area contributed by atoms with Crippen LogP contribution in [0.3, 0.4) is 0 Å². The molecule has 0 bridgehead atoms. The van der Waals surface area contributed by atoms with Crippen LogP contribution in [0.15, 0.2) is 34.0 Å². The van der Waals surface area contributed by atoms with E-state index in [9.17, 15) is 14.7 Å². The van der Waals surface area contributed by atoms with Gasteiger partial charge in [0.05, 0.1) is 26.9 Å². The molecule has 0 atom stereocenters. The number of anilines is 1. The molecule has 0 amide bonds. The molecule has 158 valence electrons. The summed E-state index contributed by atoms with van der Waals surface area (Å²) in [6.45, 7) is 0.423. The second kappa shape index (κ2) is 8.45. The normalized spacial score (nSPS) is 18.5. The summed E-state index contributed by atoms with van der Waals surface area (Å²) in [6, 6.07) is 6.78. The molecular weight excluding hydrogens is 426 g/mol. The van der Waals surface area contributed by atoms with Crippen molar-refractivity contribution in [3.63, 3.8) is 0 Å². The number of halogens is 1. The van der Waals surface area contributed by atoms with Gasteiger partial charge in [0.25, 0.3) is 0 Å². The molecule has 1 aromatic carbocycles. The van der Waals surface area contributed by atoms with Crippen molar-refractivity contribution < 1.29 is 14.6 Å². The Labute approximate surface area is 182 Å². The predicted octanol–water partition coefficient (Wildman–Crippen LogP) is 3.85. The quantitative estimate of drug-likeness (QED) is 0.419. The summed E-state index contributed by atoms with van der Waals surface area (Å²) >= 11 is 7.73. The highest BCUT2D eigenvalue weighted by atomic mass is 35.5. The number of fused-ring (bicyclic) bond motifs is 2. The first-order valence-corrected chi connectivity index (χ1v) is 11.2. The number of nitrogens with zero attached hydrogens (tertiary/aromatic N) is 2. The fraction of sp³-hybridized carbons (Fsp3) is 0.381. The van der Waals surface area contributed by atoms with Crippen LogP contribution in [0.25, 0.3) is 21.9 Å². The van der Waals surface area contributed by atoms with Crippen LogP contribution in [0, 0.1) is 5.92 Å². The summed E-state index contributed by atoms with van der Waals surface area (Å²) in [6.07, 6.45) is 4.17. The predicted molar refractivity (Wildman–Crippen MR) is 120 cm³/mol. The minimum absolute atomic E-state index is 0.186. The number of rotatable bonds is 7. The topological polar surface area (TPSA) is 93.5 Å². The van der Waals surface area contributed by atoms with E-state index >= 15 is 0 Å². The van der Waals surface area contributed by atoms with Gasteiger partial charge < -0.3 is 19.7 Å². The number of benzene rings is 1. The van der Waals surface area contributed by atoms with Gasteiger partial charge in [-0.2, -0.15) is 0 Å². The number of thioether (sulfide) groups is 1. The number of pyridine rings is 2. The largest absolute Gasteiger partial charge is 0.480 e. The first kappa shape index (κ1) is 21.0. The van der Waals surface area contributed by atoms with Gasteiger partial charge in [-0.3, -0.25) is 9.59 Å². The van der Waals surface area contributed by atoms with Crippen molar-refractivity contribution in [3.05, 3.63) is 39.5 Å². The van der Waals surface area contributed by atoms with Gasteiger partial charge in [0.2, 0.25) is 0 Å². The number of carbonyl (C=O) groups is 1. The number of nitrogens with one attached hydrogen (secondary N) is 1. The third-order valence-electron chi connectivity index (χ3n) is 5.57. The van der Waals surface area contributed by atoms with Gasteiger partial charge in [0.1, 0.15) is 18.0 Å². The molecule has 2 aromatic heterocycles. The summed E-state index contributed by atoms with van der Waals surface area (Å²) in [5.74, 6) is 0.0923. The molecule has 3 aromatic rings. The van der Waals surface area contributed by atoms with E-state index in [1.54, 1.807) is 35.9 Å². The van der Waals surface area contributed by atoms with Crippen molar-refractivity contribution in [1.82, 2.24) is 9.55 Å². The van der Waals surface area contributed by atoms with E-state index in [1.807, 2.05) is 6.26 Å². The van der Waals surface area contributed by atoms with Crippen molar-refractivity contribution in [3.8, 4) is 0 Å². The van der Waals surface area contributed by atoms with Crippen molar-refractivity contribution in [1.29, 1.82) is 0 Å². The molecule has 2 N–H and O–H groups in total. The van der Waals surface area contributed by atoms with Gasteiger partial charge in [-0.1, -0.05) is 11.6 Å². The van der Waals surface area contributed by atoms with E-state index in [0.717, 1.165) is 19.4 Å². The van der Waals surface area contributed by atoms with E-state index in [-0.39, 0.29) is 12.0 Å². The molecule has 2 heterocycles. The Balaban J connectivity index is 1.84. The second-order valence-corrected chi connectivity index (χ2v) is 8.65. The van der Waals surface area contributed by atoms with Crippen LogP contribution in [0.5, 0.6) is 0 Å². The molecule has 30 heavy (non-hydrogen) atoms. The smallest absolute Gasteiger partial charge is 0.323 e. The van der Waals surface area contributed by atoms with Crippen LogP contribution in [0.2, 0.25) is 5.02 Å². The summed E-state index contributed by atoms with van der Waals surface area (Å²) in [7, 11) is 1.72. The number of carboxylic acid groups (broad SMARTS) is 1. The third kappa shape index (κ3) is 3.75. The maximum Gasteiger partial charge on any atom is 0.323 e. The SMILES string of the molecule is COC1CC(CNc2ccc3c(=O)c4ccc(Cl)c(SC)c4n(CC(=O)O)c3n2)C1. The molecule has 9 heteroatoms. The summed E-state index contributed by atoms with van der Waals surface area (Å²) < 4.78 is 6.89. The number of aromatic nitrogens is 2. The van der Waals surface area contributed by atoms with E-state index in [4.69, 9.17) is 16.3 Å². The highest BCUT2D eigenvalue weighted by Crippen LogP contribution is 2.34. The zero-order chi connectivity index (χ0) is 21.4. The molecule has 0 saturated heterocycles. The van der Waals surface area contributed by atoms with E-state index < -0.39 is 5.97 Å². The van der Waals surface area contributed by atoms with Gasteiger partial charge in [-0.15, -0.1) is 11.8 Å². The lowest BCUT2D eigenvalue weighted by atomic mass is 9.82. The fourth-order valence-electron chi connectivity index (χ4n) is 3.94. The molecule has 0 radical (unpaired) electrons. The molecule has 1 saturated carbocycles. The molecule has 1 aliphatic rings. The van der Waals surface area contributed by atoms with Crippen LogP contribution in [-0.4, -0.2) is 46.6 Å². The average molecular weight is 448 g/mol. The van der Waals surface area contributed by atoms with Gasteiger partial charge in [-0.05, 0) is 49.3 Å². The summed E-state index contributed by atoms with van der Waals surface area (Å²) in [5, 5.41) is 14.1. The standard InChI is InChI=1S/C21H22ClN3O4S/c1-29-12-7-11(8-12)9-23-16-6-4-14-19(28)13-3-5-15(22)20(30-2)18(13)25(10-17(26)27)21(14)24-16/h3-6,11-12H,7-10H2,1-2H3,(H,23,24)(H,26,27). The Kier molecular flexibility index (Phi) is 5.90. The van der Waals surface area contributed by atoms with Gasteiger partial charge in [-0.25, -0.2) is 4.98 Å². The zero-order valence-corrected chi connectivity index (χ0v) is 18.2. The van der Waals surface area contributed by atoms with Gasteiger partial charge >= 0.3 is 5.97 Å². The van der Waals surface area contributed by atoms with Gasteiger partial charge in [0, 0.05) is 19.0 Å². The molecule has 0 aliphatic heterocycles. The first-order chi connectivity index (χ1) is 14.4. The Hall–Kier alpha value is -2.29. The second-order valence-electron chi connectivity index (χ2n) is 7.43. The van der Waals surface area contributed by atoms with Crippen LogP contribution >= 0.6 is 23.4 Å². The monoisotopic (exact) mass is 447 g/mol. The van der Waals surface area contributed by atoms with Crippen molar-refractivity contribution in [2.24, 2.45) is 5.92 Å². The van der Waals surface area contributed by atoms with E-state index in [1.165, 1.54) is 11.8 Å².